The van der Waals surface area contributed by atoms with Crippen molar-refractivity contribution in [2.75, 3.05) is 34.3 Å². The molecule has 0 aliphatic rings. The Morgan fingerprint density at radius 3 is 2.24 bits per heavy atom. The van der Waals surface area contributed by atoms with Crippen LogP contribution in [0.3, 0.4) is 0 Å². The fraction of sp³-hybridized carbons (Fsp3) is 0.462. The minimum absolute atomic E-state index is 0.106. The Balaban J connectivity index is 2.45. The highest BCUT2D eigenvalue weighted by Gasteiger charge is 2.22. The molecule has 0 aromatic heterocycles. The molecule has 0 aliphatic heterocycles. The fourth-order valence-electron chi connectivity index (χ4n) is 1.37. The summed E-state index contributed by atoms with van der Waals surface area (Å²) < 4.78 is 22.0. The maximum Gasteiger partial charge on any atom is 0.472 e. The molecule has 8 heteroatoms. The Morgan fingerprint density at radius 2 is 1.76 bits per heavy atom. The summed E-state index contributed by atoms with van der Waals surface area (Å²) in [5.41, 5.74) is 0.731. The summed E-state index contributed by atoms with van der Waals surface area (Å²) in [6, 6.07) is 5.85. The van der Waals surface area contributed by atoms with Crippen LogP contribution in [0.25, 0.3) is 0 Å². The van der Waals surface area contributed by atoms with E-state index in [9.17, 15) is 14.3 Å². The van der Waals surface area contributed by atoms with E-state index in [4.69, 9.17) is 14.2 Å². The van der Waals surface area contributed by atoms with E-state index in [1.54, 1.807) is 0 Å². The summed E-state index contributed by atoms with van der Waals surface area (Å²) >= 11 is 0. The zero-order chi connectivity index (χ0) is 16.1. The van der Waals surface area contributed by atoms with E-state index < -0.39 is 13.8 Å². The van der Waals surface area contributed by atoms with E-state index in [1.807, 2.05) is 21.1 Å². The zero-order valence-electron chi connectivity index (χ0n) is 12.4. The summed E-state index contributed by atoms with van der Waals surface area (Å²) in [4.78, 5) is 20.2. The van der Waals surface area contributed by atoms with Gasteiger partial charge in [-0.15, -0.1) is 0 Å². The Bertz CT molecular complexity index is 522. The van der Waals surface area contributed by atoms with E-state index in [2.05, 4.69) is 0 Å². The van der Waals surface area contributed by atoms with Crippen molar-refractivity contribution in [2.24, 2.45) is 0 Å². The molecule has 0 fully saturated rings. The van der Waals surface area contributed by atoms with Crippen LogP contribution in [0.2, 0.25) is 0 Å². The van der Waals surface area contributed by atoms with Crippen LogP contribution in [-0.4, -0.2) is 54.7 Å². The van der Waals surface area contributed by atoms with Crippen molar-refractivity contribution in [3.63, 3.8) is 0 Å². The Kier molecular flexibility index (Phi) is 6.07. The monoisotopic (exact) mass is 318 g/mol. The first kappa shape index (κ1) is 17.8. The first-order chi connectivity index (χ1) is 9.59. The third-order valence-corrected chi connectivity index (χ3v) is 3.58. The van der Waals surface area contributed by atoms with Gasteiger partial charge in [-0.1, -0.05) is 12.1 Å². The molecule has 1 rings (SSSR count). The maximum atomic E-state index is 11.7. The van der Waals surface area contributed by atoms with E-state index in [-0.39, 0.29) is 18.8 Å². The number of carboxylic acid groups (broad SMARTS) is 1. The largest absolute Gasteiger partial charge is 0.478 e. The van der Waals surface area contributed by atoms with Crippen LogP contribution in [0.1, 0.15) is 15.9 Å². The highest BCUT2D eigenvalue weighted by molar-refractivity contribution is 7.47. The summed E-state index contributed by atoms with van der Waals surface area (Å²) in [5.74, 6) is -1.03. The van der Waals surface area contributed by atoms with E-state index in [0.717, 1.165) is 0 Å². The third kappa shape index (κ3) is 7.36. The average molecular weight is 318 g/mol. The van der Waals surface area contributed by atoms with Gasteiger partial charge in [0.1, 0.15) is 13.2 Å². The number of quaternary nitrogens is 1. The Labute approximate surface area is 123 Å². The summed E-state index contributed by atoms with van der Waals surface area (Å²) in [6.07, 6.45) is 0. The van der Waals surface area contributed by atoms with Gasteiger partial charge in [-0.2, -0.15) is 0 Å². The van der Waals surface area contributed by atoms with Gasteiger partial charge in [0.05, 0.1) is 33.3 Å². The Morgan fingerprint density at radius 1 is 1.19 bits per heavy atom. The van der Waals surface area contributed by atoms with E-state index >= 15 is 0 Å². The molecule has 7 nitrogen and oxygen atoms in total. The van der Waals surface area contributed by atoms with Gasteiger partial charge >= 0.3 is 13.8 Å². The molecule has 0 heterocycles. The van der Waals surface area contributed by atoms with Crippen molar-refractivity contribution in [1.82, 2.24) is 0 Å². The molecular weight excluding hydrogens is 297 g/mol. The minimum atomic E-state index is -4.10. The number of benzene rings is 1. The molecule has 0 spiro atoms. The Hall–Kier alpha value is -1.24. The zero-order valence-corrected chi connectivity index (χ0v) is 13.2. The first-order valence-electron chi connectivity index (χ1n) is 6.34. The highest BCUT2D eigenvalue weighted by Crippen LogP contribution is 2.43. The van der Waals surface area contributed by atoms with Crippen LogP contribution in [0.15, 0.2) is 24.3 Å². The number of hydrogen-bond acceptors (Lipinski definition) is 4. The minimum Gasteiger partial charge on any atom is -0.478 e. The van der Waals surface area contributed by atoms with Crippen LogP contribution in [0.4, 0.5) is 0 Å². The molecule has 21 heavy (non-hydrogen) atoms. The van der Waals surface area contributed by atoms with Gasteiger partial charge in [0.15, 0.2) is 0 Å². The molecule has 1 unspecified atom stereocenters. The maximum absolute atomic E-state index is 11.7. The number of likely N-dealkylation sites (N-methyl/N-ethyl adjacent to an activating group) is 1. The van der Waals surface area contributed by atoms with Crippen molar-refractivity contribution in [1.29, 1.82) is 0 Å². The highest BCUT2D eigenvalue weighted by atomic mass is 31.2. The number of rotatable bonds is 8. The predicted octanol–water partition coefficient (Wildman–Crippen LogP) is 1.72. The average Bonchev–Trinajstić information content (AvgIpc) is 2.35. The van der Waals surface area contributed by atoms with Crippen LogP contribution < -0.4 is 0 Å². The quantitative estimate of drug-likeness (QED) is 0.560. The molecule has 0 saturated carbocycles. The second kappa shape index (κ2) is 7.15. The molecule has 0 radical (unpaired) electrons. The molecule has 0 bridgehead atoms. The molecule has 0 amide bonds. The molecule has 0 saturated heterocycles. The summed E-state index contributed by atoms with van der Waals surface area (Å²) in [5, 5.41) is 8.76. The smallest absolute Gasteiger partial charge is 0.472 e. The predicted molar refractivity (Wildman–Crippen MR) is 76.9 cm³/mol. The first-order valence-corrected chi connectivity index (χ1v) is 7.83. The summed E-state index contributed by atoms with van der Waals surface area (Å²) in [6.45, 7) is 0.550. The number of phosphoric ester groups is 1. The standard InChI is InChI=1S/C13H20NO6P/c1-14(2,3)8-9-19-21(17,18)20-10-11-4-6-12(7-5-11)13(15)16/h4-7H,8-10H2,1-3H3,(H-,15,16,17,18)/p+1. The molecular formula is C13H21NO6P+. The number of hydrogen-bond donors (Lipinski definition) is 2. The van der Waals surface area contributed by atoms with E-state index in [0.29, 0.717) is 16.6 Å². The van der Waals surface area contributed by atoms with Gasteiger partial charge in [-0.25, -0.2) is 9.36 Å². The van der Waals surface area contributed by atoms with Crippen molar-refractivity contribution in [2.45, 2.75) is 6.61 Å². The lowest BCUT2D eigenvalue weighted by Gasteiger charge is -2.24. The van der Waals surface area contributed by atoms with Gasteiger partial charge in [0.25, 0.3) is 0 Å². The van der Waals surface area contributed by atoms with Gasteiger partial charge in [0, 0.05) is 0 Å². The van der Waals surface area contributed by atoms with E-state index in [1.165, 1.54) is 24.3 Å². The van der Waals surface area contributed by atoms with Gasteiger partial charge < -0.3 is 14.5 Å². The SMILES string of the molecule is C[N+](C)(C)CCOP(=O)(O)OCc1ccc(C(=O)O)cc1. The lowest BCUT2D eigenvalue weighted by Crippen LogP contribution is -2.37. The second-order valence-electron chi connectivity index (χ2n) is 5.59. The number of phosphoric acid groups is 1. The molecule has 0 aliphatic carbocycles. The molecule has 118 valence electrons. The number of carbonyl (C=O) groups is 1. The molecule has 1 aromatic rings. The van der Waals surface area contributed by atoms with Crippen molar-refractivity contribution in [3.05, 3.63) is 35.4 Å². The van der Waals surface area contributed by atoms with Crippen LogP contribution in [-0.2, 0) is 20.2 Å². The van der Waals surface area contributed by atoms with Gasteiger partial charge in [0.2, 0.25) is 0 Å². The number of nitrogens with zero attached hydrogens (tertiary/aromatic N) is 1. The van der Waals surface area contributed by atoms with Crippen molar-refractivity contribution >= 4 is 13.8 Å². The normalized spacial score (nSPS) is 14.7. The summed E-state index contributed by atoms with van der Waals surface area (Å²) in [7, 11) is 1.72. The van der Waals surface area contributed by atoms with Gasteiger partial charge in [-0.3, -0.25) is 9.05 Å². The lowest BCUT2D eigenvalue weighted by atomic mass is 10.1. The second-order valence-corrected chi connectivity index (χ2v) is 7.04. The van der Waals surface area contributed by atoms with Crippen LogP contribution in [0.5, 0.6) is 0 Å². The lowest BCUT2D eigenvalue weighted by molar-refractivity contribution is -0.870. The molecule has 1 aromatic carbocycles. The van der Waals surface area contributed by atoms with Crippen molar-refractivity contribution in [3.8, 4) is 0 Å². The number of carboxylic acids is 1. The van der Waals surface area contributed by atoms with Gasteiger partial charge in [-0.05, 0) is 17.7 Å². The molecule has 1 atom stereocenters. The third-order valence-electron chi connectivity index (χ3n) is 2.61. The van der Waals surface area contributed by atoms with Crippen LogP contribution in [0, 0.1) is 0 Å². The number of aromatic carboxylic acids is 1. The van der Waals surface area contributed by atoms with Crippen molar-refractivity contribution < 1.29 is 32.9 Å². The molecule has 2 N–H and O–H groups in total. The van der Waals surface area contributed by atoms with Crippen LogP contribution >= 0.6 is 7.82 Å². The fourth-order valence-corrected chi connectivity index (χ4v) is 2.07. The topological polar surface area (TPSA) is 93.1 Å².